The SMILES string of the molecule is CC(Sc1nncn1C)C(=O)NC(C)c1ccc(Cl)cc1. The number of hydrogen-bond donors (Lipinski definition) is 1. The van der Waals surface area contributed by atoms with Gasteiger partial charge in [0.25, 0.3) is 0 Å². The van der Waals surface area contributed by atoms with Crippen LogP contribution in [0.25, 0.3) is 0 Å². The smallest absolute Gasteiger partial charge is 0.233 e. The second kappa shape index (κ2) is 6.95. The number of aryl methyl sites for hydroxylation is 1. The highest BCUT2D eigenvalue weighted by molar-refractivity contribution is 8.00. The predicted molar refractivity (Wildman–Crippen MR) is 84.3 cm³/mol. The average Bonchev–Trinajstić information content (AvgIpc) is 2.84. The van der Waals surface area contributed by atoms with E-state index in [4.69, 9.17) is 11.6 Å². The van der Waals surface area contributed by atoms with Gasteiger partial charge in [-0.25, -0.2) is 0 Å². The third-order valence-corrected chi connectivity index (χ3v) is 4.45. The number of carbonyl (C=O) groups is 1. The van der Waals surface area contributed by atoms with Crippen LogP contribution in [-0.4, -0.2) is 25.9 Å². The summed E-state index contributed by atoms with van der Waals surface area (Å²) in [4.78, 5) is 12.2. The standard InChI is InChI=1S/C14H17ClN4OS/c1-9(11-4-6-12(15)7-5-11)17-13(20)10(2)21-14-18-16-8-19(14)3/h4-10H,1-3H3,(H,17,20). The van der Waals surface area contributed by atoms with E-state index >= 15 is 0 Å². The lowest BCUT2D eigenvalue weighted by Crippen LogP contribution is -2.33. The first-order chi connectivity index (χ1) is 9.97. The molecule has 0 bridgehead atoms. The van der Waals surface area contributed by atoms with Crippen LogP contribution in [0.1, 0.15) is 25.5 Å². The zero-order chi connectivity index (χ0) is 15.4. The molecule has 0 saturated heterocycles. The molecule has 0 spiro atoms. The summed E-state index contributed by atoms with van der Waals surface area (Å²) in [6, 6.07) is 7.38. The highest BCUT2D eigenvalue weighted by Crippen LogP contribution is 2.21. The Balaban J connectivity index is 1.94. The number of nitrogens with one attached hydrogen (secondary N) is 1. The van der Waals surface area contributed by atoms with Gasteiger partial charge in [-0.2, -0.15) is 0 Å². The first-order valence-corrected chi connectivity index (χ1v) is 7.79. The molecule has 2 unspecified atom stereocenters. The van der Waals surface area contributed by atoms with Gasteiger partial charge in [-0.3, -0.25) is 4.79 Å². The Bertz CT molecular complexity index is 614. The summed E-state index contributed by atoms with van der Waals surface area (Å²) in [6.07, 6.45) is 1.61. The van der Waals surface area contributed by atoms with Crippen molar-refractivity contribution in [2.45, 2.75) is 30.3 Å². The molecule has 0 radical (unpaired) electrons. The fourth-order valence-electron chi connectivity index (χ4n) is 1.76. The molecule has 0 fully saturated rings. The minimum Gasteiger partial charge on any atom is -0.349 e. The summed E-state index contributed by atoms with van der Waals surface area (Å²) in [5.41, 5.74) is 1.02. The van der Waals surface area contributed by atoms with E-state index in [0.717, 1.165) is 10.7 Å². The maximum atomic E-state index is 12.2. The normalized spacial score (nSPS) is 13.7. The summed E-state index contributed by atoms with van der Waals surface area (Å²) in [5.74, 6) is -0.0366. The summed E-state index contributed by atoms with van der Waals surface area (Å²) >= 11 is 7.24. The van der Waals surface area contributed by atoms with Crippen molar-refractivity contribution in [3.05, 3.63) is 41.2 Å². The molecule has 2 aromatic rings. The third-order valence-electron chi connectivity index (χ3n) is 3.05. The molecule has 2 rings (SSSR count). The Morgan fingerprint density at radius 3 is 2.57 bits per heavy atom. The molecule has 1 amide bonds. The quantitative estimate of drug-likeness (QED) is 0.859. The van der Waals surface area contributed by atoms with E-state index in [0.29, 0.717) is 5.02 Å². The van der Waals surface area contributed by atoms with E-state index in [-0.39, 0.29) is 17.2 Å². The zero-order valence-electron chi connectivity index (χ0n) is 12.1. The molecule has 0 aliphatic rings. The van der Waals surface area contributed by atoms with Crippen molar-refractivity contribution in [1.82, 2.24) is 20.1 Å². The molecule has 0 aliphatic heterocycles. The van der Waals surface area contributed by atoms with Crippen LogP contribution in [0.3, 0.4) is 0 Å². The van der Waals surface area contributed by atoms with Crippen LogP contribution in [-0.2, 0) is 11.8 Å². The maximum Gasteiger partial charge on any atom is 0.233 e. The molecule has 0 aliphatic carbocycles. The van der Waals surface area contributed by atoms with Gasteiger partial charge in [0.1, 0.15) is 6.33 Å². The van der Waals surface area contributed by atoms with Crippen molar-refractivity contribution in [2.24, 2.45) is 7.05 Å². The molecule has 21 heavy (non-hydrogen) atoms. The van der Waals surface area contributed by atoms with Crippen molar-refractivity contribution in [2.75, 3.05) is 0 Å². The van der Waals surface area contributed by atoms with Crippen LogP contribution in [0.15, 0.2) is 35.7 Å². The molecule has 5 nitrogen and oxygen atoms in total. The number of aromatic nitrogens is 3. The first kappa shape index (κ1) is 15.9. The highest BCUT2D eigenvalue weighted by atomic mass is 35.5. The molecule has 1 aromatic carbocycles. The van der Waals surface area contributed by atoms with Crippen LogP contribution in [0.5, 0.6) is 0 Å². The van der Waals surface area contributed by atoms with Gasteiger partial charge in [0.15, 0.2) is 5.16 Å². The maximum absolute atomic E-state index is 12.2. The minimum absolute atomic E-state index is 0.0366. The number of halogens is 1. The van der Waals surface area contributed by atoms with E-state index < -0.39 is 0 Å². The van der Waals surface area contributed by atoms with Gasteiger partial charge in [-0.15, -0.1) is 10.2 Å². The molecule has 0 saturated carbocycles. The summed E-state index contributed by atoms with van der Waals surface area (Å²) in [7, 11) is 1.85. The van der Waals surface area contributed by atoms with Gasteiger partial charge >= 0.3 is 0 Å². The predicted octanol–water partition coefficient (Wildman–Crippen LogP) is 2.83. The Morgan fingerprint density at radius 1 is 1.33 bits per heavy atom. The largest absolute Gasteiger partial charge is 0.349 e. The van der Waals surface area contributed by atoms with Crippen molar-refractivity contribution in [3.8, 4) is 0 Å². The van der Waals surface area contributed by atoms with Crippen molar-refractivity contribution < 1.29 is 4.79 Å². The lowest BCUT2D eigenvalue weighted by molar-refractivity contribution is -0.120. The topological polar surface area (TPSA) is 59.8 Å². The fourth-order valence-corrected chi connectivity index (χ4v) is 2.68. The molecule has 1 heterocycles. The minimum atomic E-state index is -0.248. The van der Waals surface area contributed by atoms with Crippen molar-refractivity contribution in [3.63, 3.8) is 0 Å². The van der Waals surface area contributed by atoms with Gasteiger partial charge in [0.05, 0.1) is 11.3 Å². The van der Waals surface area contributed by atoms with Crippen LogP contribution in [0.2, 0.25) is 5.02 Å². The molecule has 2 atom stereocenters. The van der Waals surface area contributed by atoms with E-state index in [1.807, 2.05) is 45.2 Å². The van der Waals surface area contributed by atoms with E-state index in [2.05, 4.69) is 15.5 Å². The first-order valence-electron chi connectivity index (χ1n) is 6.54. The highest BCUT2D eigenvalue weighted by Gasteiger charge is 2.19. The lowest BCUT2D eigenvalue weighted by Gasteiger charge is -2.17. The molecular formula is C14H17ClN4OS. The van der Waals surface area contributed by atoms with Gasteiger partial charge in [-0.05, 0) is 31.5 Å². The number of amides is 1. The molecule has 7 heteroatoms. The van der Waals surface area contributed by atoms with Gasteiger partial charge in [-0.1, -0.05) is 35.5 Å². The lowest BCUT2D eigenvalue weighted by atomic mass is 10.1. The third kappa shape index (κ3) is 4.22. The Morgan fingerprint density at radius 2 is 2.00 bits per heavy atom. The van der Waals surface area contributed by atoms with Gasteiger partial charge in [0.2, 0.25) is 5.91 Å². The van der Waals surface area contributed by atoms with Gasteiger partial charge < -0.3 is 9.88 Å². The molecular weight excluding hydrogens is 308 g/mol. The van der Waals surface area contributed by atoms with E-state index in [1.54, 1.807) is 10.9 Å². The van der Waals surface area contributed by atoms with E-state index in [9.17, 15) is 4.79 Å². The molecule has 1 aromatic heterocycles. The van der Waals surface area contributed by atoms with Crippen LogP contribution >= 0.6 is 23.4 Å². The fraction of sp³-hybridized carbons (Fsp3) is 0.357. The van der Waals surface area contributed by atoms with Gasteiger partial charge in [0, 0.05) is 12.1 Å². The second-order valence-electron chi connectivity index (χ2n) is 4.77. The Hall–Kier alpha value is -1.53. The number of hydrogen-bond acceptors (Lipinski definition) is 4. The number of benzene rings is 1. The average molecular weight is 325 g/mol. The molecule has 1 N–H and O–H groups in total. The number of nitrogens with zero attached hydrogens (tertiary/aromatic N) is 3. The molecule has 112 valence electrons. The number of rotatable bonds is 5. The second-order valence-corrected chi connectivity index (χ2v) is 6.51. The van der Waals surface area contributed by atoms with Crippen LogP contribution < -0.4 is 5.32 Å². The van der Waals surface area contributed by atoms with Crippen molar-refractivity contribution >= 4 is 29.3 Å². The number of carbonyl (C=O) groups excluding carboxylic acids is 1. The van der Waals surface area contributed by atoms with Crippen LogP contribution in [0, 0.1) is 0 Å². The van der Waals surface area contributed by atoms with Crippen molar-refractivity contribution in [1.29, 1.82) is 0 Å². The Kier molecular flexibility index (Phi) is 5.25. The monoisotopic (exact) mass is 324 g/mol. The zero-order valence-corrected chi connectivity index (χ0v) is 13.6. The Labute approximate surface area is 133 Å². The summed E-state index contributed by atoms with van der Waals surface area (Å²) < 4.78 is 1.79. The number of thioether (sulfide) groups is 1. The van der Waals surface area contributed by atoms with E-state index in [1.165, 1.54) is 11.8 Å². The van der Waals surface area contributed by atoms with Crippen LogP contribution in [0.4, 0.5) is 0 Å². The summed E-state index contributed by atoms with van der Waals surface area (Å²) in [6.45, 7) is 3.80. The summed E-state index contributed by atoms with van der Waals surface area (Å²) in [5, 5.41) is 11.9.